The normalized spacial score (nSPS) is 17.2. The van der Waals surface area contributed by atoms with Gasteiger partial charge in [0.2, 0.25) is 17.7 Å². The van der Waals surface area contributed by atoms with Crippen LogP contribution in [0.3, 0.4) is 0 Å². The number of hydrogen-bond acceptors (Lipinski definition) is 7. The van der Waals surface area contributed by atoms with E-state index in [-0.39, 0.29) is 12.8 Å². The van der Waals surface area contributed by atoms with Gasteiger partial charge in [0.15, 0.2) is 0 Å². The maximum atomic E-state index is 13.7. The molecule has 1 aromatic carbocycles. The second-order valence-corrected chi connectivity index (χ2v) is 10.4. The van der Waals surface area contributed by atoms with Crippen LogP contribution in [0.2, 0.25) is 0 Å². The number of nitrogens with two attached hydrogens (primary N) is 2. The number of H-pyrrole nitrogens is 2. The van der Waals surface area contributed by atoms with Gasteiger partial charge < -0.3 is 42.1 Å². The van der Waals surface area contributed by atoms with Crippen LogP contribution >= 0.6 is 0 Å². The number of carboxylic acids is 1. The molecule has 4 rings (SSSR count). The number of likely N-dealkylation sites (tertiary alicyclic amines) is 1. The number of fused-ring (bicyclic) bond motifs is 1. The number of imidazole rings is 1. The Bertz CT molecular complexity index is 1340. The Morgan fingerprint density at radius 3 is 2.63 bits per heavy atom. The molecule has 220 valence electrons. The first-order valence-electron chi connectivity index (χ1n) is 13.9. The summed E-state index contributed by atoms with van der Waals surface area (Å²) in [5, 5.41) is 16.2. The number of unbranched alkanes of at least 4 members (excludes halogenated alkanes) is 1. The number of carbonyl (C=O) groups excluding carboxylic acids is 3. The molecule has 13 nitrogen and oxygen atoms in total. The molecule has 0 aliphatic carbocycles. The SMILES string of the molecule is NCCCCC(N)C(=O)NC(Cc1cnc[nH]1)C(=O)N1CCCC1C(=O)NC(Cc1c[nH]c2ccccc12)C(=O)O. The average molecular weight is 567 g/mol. The van der Waals surface area contributed by atoms with Gasteiger partial charge in [0.25, 0.3) is 0 Å². The lowest BCUT2D eigenvalue weighted by Gasteiger charge is -2.30. The fraction of sp³-hybridized carbons (Fsp3) is 0.464. The number of amides is 3. The number of rotatable bonds is 14. The van der Waals surface area contributed by atoms with Gasteiger partial charge in [-0.25, -0.2) is 9.78 Å². The smallest absolute Gasteiger partial charge is 0.326 e. The molecule has 3 heterocycles. The van der Waals surface area contributed by atoms with Crippen LogP contribution in [0.1, 0.15) is 43.4 Å². The summed E-state index contributed by atoms with van der Waals surface area (Å²) in [5.41, 5.74) is 13.9. The predicted octanol–water partition coefficient (Wildman–Crippen LogP) is 0.178. The van der Waals surface area contributed by atoms with Crippen molar-refractivity contribution in [2.24, 2.45) is 11.5 Å². The molecular formula is C28H38N8O5. The zero-order chi connectivity index (χ0) is 29.4. The standard InChI is InChI=1S/C28H38N8O5/c29-10-4-3-7-20(30)25(37)34-22(13-18-15-31-16-33-18)27(39)36-11-5-9-24(36)26(38)35-23(28(40)41)12-17-14-32-21-8-2-1-6-19(17)21/h1-2,6,8,14-16,20,22-24,32H,3-5,7,9-13,29-30H2,(H,31,33)(H,34,37)(H,35,38)(H,40,41). The van der Waals surface area contributed by atoms with Crippen molar-refractivity contribution in [3.8, 4) is 0 Å². The van der Waals surface area contributed by atoms with E-state index >= 15 is 0 Å². The molecule has 0 saturated carbocycles. The largest absolute Gasteiger partial charge is 0.480 e. The van der Waals surface area contributed by atoms with E-state index in [1.54, 1.807) is 12.4 Å². The van der Waals surface area contributed by atoms with Crippen LogP contribution in [0.4, 0.5) is 0 Å². The molecule has 4 unspecified atom stereocenters. The molecule has 1 aliphatic heterocycles. The van der Waals surface area contributed by atoms with E-state index in [2.05, 4.69) is 25.6 Å². The molecule has 3 amide bonds. The van der Waals surface area contributed by atoms with Crippen LogP contribution in [0.15, 0.2) is 43.0 Å². The van der Waals surface area contributed by atoms with Crippen LogP contribution < -0.4 is 22.1 Å². The summed E-state index contributed by atoms with van der Waals surface area (Å²) in [6.07, 6.45) is 7.76. The summed E-state index contributed by atoms with van der Waals surface area (Å²) in [6, 6.07) is 3.66. The highest BCUT2D eigenvalue weighted by molar-refractivity contribution is 5.95. The first kappa shape index (κ1) is 29.7. The average Bonchev–Trinajstić information content (AvgIpc) is 3.73. The molecule has 13 heteroatoms. The highest BCUT2D eigenvalue weighted by atomic mass is 16.4. The highest BCUT2D eigenvalue weighted by Crippen LogP contribution is 2.22. The lowest BCUT2D eigenvalue weighted by molar-refractivity contribution is -0.144. The third kappa shape index (κ3) is 7.50. The summed E-state index contributed by atoms with van der Waals surface area (Å²) < 4.78 is 0. The van der Waals surface area contributed by atoms with Gasteiger partial charge >= 0.3 is 5.97 Å². The molecular weight excluding hydrogens is 528 g/mol. The molecule has 1 aliphatic rings. The summed E-state index contributed by atoms with van der Waals surface area (Å²) >= 11 is 0. The maximum absolute atomic E-state index is 13.7. The van der Waals surface area contributed by atoms with Crippen molar-refractivity contribution < 1.29 is 24.3 Å². The van der Waals surface area contributed by atoms with Gasteiger partial charge in [0.1, 0.15) is 18.1 Å². The second-order valence-electron chi connectivity index (χ2n) is 10.4. The minimum Gasteiger partial charge on any atom is -0.480 e. The molecule has 0 spiro atoms. The molecule has 9 N–H and O–H groups in total. The Balaban J connectivity index is 1.45. The van der Waals surface area contributed by atoms with Crippen molar-refractivity contribution in [1.29, 1.82) is 0 Å². The van der Waals surface area contributed by atoms with Crippen molar-refractivity contribution in [2.45, 2.75) is 69.1 Å². The Morgan fingerprint density at radius 1 is 1.10 bits per heavy atom. The zero-order valence-electron chi connectivity index (χ0n) is 22.8. The maximum Gasteiger partial charge on any atom is 0.326 e. The third-order valence-electron chi connectivity index (χ3n) is 7.45. The first-order chi connectivity index (χ1) is 19.8. The molecule has 3 aromatic rings. The summed E-state index contributed by atoms with van der Waals surface area (Å²) in [4.78, 5) is 63.6. The number of aromatic nitrogens is 3. The van der Waals surface area contributed by atoms with Gasteiger partial charge in [0.05, 0.1) is 12.4 Å². The summed E-state index contributed by atoms with van der Waals surface area (Å²) in [6.45, 7) is 0.799. The van der Waals surface area contributed by atoms with Gasteiger partial charge in [-0.05, 0) is 43.9 Å². The quantitative estimate of drug-likeness (QED) is 0.133. The van der Waals surface area contributed by atoms with E-state index in [4.69, 9.17) is 11.5 Å². The van der Waals surface area contributed by atoms with Crippen molar-refractivity contribution >= 4 is 34.6 Å². The van der Waals surface area contributed by atoms with Crippen molar-refractivity contribution in [3.05, 3.63) is 54.2 Å². The van der Waals surface area contributed by atoms with Crippen LogP contribution in [-0.2, 0) is 32.0 Å². The lowest BCUT2D eigenvalue weighted by Crippen LogP contribution is -2.57. The Kier molecular flexibility index (Phi) is 10.1. The van der Waals surface area contributed by atoms with Crippen LogP contribution in [-0.4, -0.2) is 85.9 Å². The number of nitrogens with one attached hydrogen (secondary N) is 4. The topological polar surface area (TPSA) is 212 Å². The molecule has 4 atom stereocenters. The first-order valence-corrected chi connectivity index (χ1v) is 13.9. The lowest BCUT2D eigenvalue weighted by atomic mass is 10.0. The monoisotopic (exact) mass is 566 g/mol. The Morgan fingerprint density at radius 2 is 1.90 bits per heavy atom. The van der Waals surface area contributed by atoms with E-state index in [9.17, 15) is 24.3 Å². The van der Waals surface area contributed by atoms with Gasteiger partial charge in [0, 0.05) is 48.4 Å². The van der Waals surface area contributed by atoms with E-state index < -0.39 is 47.9 Å². The van der Waals surface area contributed by atoms with Gasteiger partial charge in [-0.1, -0.05) is 24.6 Å². The Labute approximate surface area is 237 Å². The van der Waals surface area contributed by atoms with Crippen molar-refractivity contribution in [2.75, 3.05) is 13.1 Å². The van der Waals surface area contributed by atoms with E-state index in [0.29, 0.717) is 44.5 Å². The van der Waals surface area contributed by atoms with Gasteiger partial charge in [-0.3, -0.25) is 14.4 Å². The summed E-state index contributed by atoms with van der Waals surface area (Å²) in [5.74, 6) is -2.63. The fourth-order valence-electron chi connectivity index (χ4n) is 5.23. The summed E-state index contributed by atoms with van der Waals surface area (Å²) in [7, 11) is 0. The predicted molar refractivity (Wildman–Crippen MR) is 151 cm³/mol. The van der Waals surface area contributed by atoms with E-state index in [0.717, 1.165) is 22.9 Å². The zero-order valence-corrected chi connectivity index (χ0v) is 22.8. The second kappa shape index (κ2) is 13.9. The highest BCUT2D eigenvalue weighted by Gasteiger charge is 2.39. The number of nitrogens with zero attached hydrogens (tertiary/aromatic N) is 2. The molecule has 1 fully saturated rings. The molecule has 0 radical (unpaired) electrons. The molecule has 0 bridgehead atoms. The molecule has 1 saturated heterocycles. The van der Waals surface area contributed by atoms with Crippen LogP contribution in [0, 0.1) is 0 Å². The number of carbonyl (C=O) groups is 4. The van der Waals surface area contributed by atoms with Crippen molar-refractivity contribution in [1.82, 2.24) is 30.5 Å². The van der Waals surface area contributed by atoms with Gasteiger partial charge in [-0.2, -0.15) is 0 Å². The third-order valence-corrected chi connectivity index (χ3v) is 7.45. The van der Waals surface area contributed by atoms with Gasteiger partial charge in [-0.15, -0.1) is 0 Å². The Hall–Kier alpha value is -4.23. The number of aliphatic carboxylic acids is 1. The van der Waals surface area contributed by atoms with E-state index in [1.807, 2.05) is 24.3 Å². The minimum absolute atomic E-state index is 0.0757. The number of aromatic amines is 2. The van der Waals surface area contributed by atoms with Crippen molar-refractivity contribution in [3.63, 3.8) is 0 Å². The fourth-order valence-corrected chi connectivity index (χ4v) is 5.23. The molecule has 2 aromatic heterocycles. The molecule has 41 heavy (non-hydrogen) atoms. The van der Waals surface area contributed by atoms with Crippen LogP contribution in [0.25, 0.3) is 10.9 Å². The minimum atomic E-state index is -1.19. The van der Waals surface area contributed by atoms with E-state index in [1.165, 1.54) is 11.2 Å². The number of carboxylic acid groups (broad SMARTS) is 1. The number of para-hydroxylation sites is 1. The number of benzene rings is 1. The number of hydrogen-bond donors (Lipinski definition) is 7. The van der Waals surface area contributed by atoms with Crippen LogP contribution in [0.5, 0.6) is 0 Å².